The van der Waals surface area contributed by atoms with Gasteiger partial charge in [0.2, 0.25) is 5.91 Å². The molecule has 0 aromatic carbocycles. The minimum absolute atomic E-state index is 0.0221. The van der Waals surface area contributed by atoms with Crippen LogP contribution in [0, 0.1) is 11.3 Å². The van der Waals surface area contributed by atoms with Gasteiger partial charge >= 0.3 is 11.9 Å². The van der Waals surface area contributed by atoms with Crippen LogP contribution in [-0.2, 0) is 28.3 Å². The molecule has 8 heteroatoms. The number of esters is 2. The minimum atomic E-state index is -2.28. The molecule has 1 amide bonds. The summed E-state index contributed by atoms with van der Waals surface area (Å²) in [5.41, 5.74) is -1.89. The first-order chi connectivity index (χ1) is 17.0. The van der Waals surface area contributed by atoms with Gasteiger partial charge in [0, 0.05) is 6.61 Å². The minimum Gasteiger partial charge on any atom is -0.466 e. The van der Waals surface area contributed by atoms with Crippen LogP contribution in [0.3, 0.4) is 0 Å². The smallest absolute Gasteiger partial charge is 0.309 e. The molecule has 2 rings (SSSR count). The summed E-state index contributed by atoms with van der Waals surface area (Å²) in [5.74, 6) is -0.842. The normalized spacial score (nSPS) is 26.8. The van der Waals surface area contributed by atoms with Gasteiger partial charge in [-0.3, -0.25) is 14.4 Å². The fraction of sp³-hybridized carbons (Fsp3) is 0.897. The summed E-state index contributed by atoms with van der Waals surface area (Å²) in [5, 5.41) is 3.38. The standard InChI is InChI=1S/C29H53NO6Si/c1-10-14-22(24(32)36-26(3,4)5)19-28(15-12-13-16-28)25(33)30-29(20-23(31)34-11-2)17-18-35-37(9,21-29)27(6,7)8/h22H,10-21H2,1-9H3,(H,30,33)/t22-,29?,37?/m1/s1. The molecule has 1 aliphatic carbocycles. The van der Waals surface area contributed by atoms with Crippen LogP contribution in [0.5, 0.6) is 0 Å². The largest absolute Gasteiger partial charge is 0.466 e. The van der Waals surface area contributed by atoms with E-state index in [-0.39, 0.29) is 35.2 Å². The molecule has 214 valence electrons. The third-order valence-electron chi connectivity index (χ3n) is 8.49. The molecule has 0 aromatic heterocycles. The number of hydrogen-bond donors (Lipinski definition) is 1. The summed E-state index contributed by atoms with van der Waals surface area (Å²) in [7, 11) is -2.28. The Kier molecular flexibility index (Phi) is 10.5. The molecule has 3 atom stereocenters. The van der Waals surface area contributed by atoms with Crippen molar-refractivity contribution in [1.29, 1.82) is 0 Å². The predicted molar refractivity (Wildman–Crippen MR) is 149 cm³/mol. The van der Waals surface area contributed by atoms with E-state index in [1.807, 2.05) is 20.8 Å². The number of carbonyl (C=O) groups excluding carboxylic acids is 3. The van der Waals surface area contributed by atoms with Gasteiger partial charge in [-0.2, -0.15) is 0 Å². The second-order valence-corrected chi connectivity index (χ2v) is 18.3. The third kappa shape index (κ3) is 8.28. The average molecular weight is 540 g/mol. The van der Waals surface area contributed by atoms with Gasteiger partial charge in [0.15, 0.2) is 8.32 Å². The van der Waals surface area contributed by atoms with Gasteiger partial charge in [0.1, 0.15) is 5.60 Å². The van der Waals surface area contributed by atoms with Gasteiger partial charge in [0.25, 0.3) is 0 Å². The number of ether oxygens (including phenoxy) is 2. The van der Waals surface area contributed by atoms with Crippen LogP contribution in [0.1, 0.15) is 113 Å². The third-order valence-corrected chi connectivity index (χ3v) is 13.9. The molecule has 2 unspecified atom stereocenters. The van der Waals surface area contributed by atoms with Crippen molar-refractivity contribution >= 4 is 26.2 Å². The lowest BCUT2D eigenvalue weighted by Crippen LogP contribution is -2.63. The van der Waals surface area contributed by atoms with E-state index < -0.39 is 24.9 Å². The maximum Gasteiger partial charge on any atom is 0.309 e. The number of amides is 1. The lowest BCUT2D eigenvalue weighted by Gasteiger charge is -2.51. The van der Waals surface area contributed by atoms with E-state index in [9.17, 15) is 14.4 Å². The number of nitrogens with one attached hydrogen (secondary N) is 1. The molecule has 7 nitrogen and oxygen atoms in total. The van der Waals surface area contributed by atoms with Crippen molar-refractivity contribution < 1.29 is 28.3 Å². The van der Waals surface area contributed by atoms with Crippen molar-refractivity contribution in [1.82, 2.24) is 5.32 Å². The van der Waals surface area contributed by atoms with Gasteiger partial charge in [-0.05, 0) is 77.4 Å². The van der Waals surface area contributed by atoms with E-state index in [4.69, 9.17) is 13.9 Å². The van der Waals surface area contributed by atoms with Crippen LogP contribution in [-0.4, -0.2) is 50.5 Å². The Labute approximate surface area is 226 Å². The molecule has 0 spiro atoms. The van der Waals surface area contributed by atoms with E-state index in [0.29, 0.717) is 38.5 Å². The Morgan fingerprint density at radius 2 is 1.65 bits per heavy atom. The topological polar surface area (TPSA) is 90.9 Å². The van der Waals surface area contributed by atoms with E-state index in [0.717, 1.165) is 32.1 Å². The molecule has 1 aliphatic heterocycles. The Balaban J connectivity index is 2.38. The highest BCUT2D eigenvalue weighted by molar-refractivity contribution is 6.75. The first-order valence-corrected chi connectivity index (χ1v) is 17.0. The summed E-state index contributed by atoms with van der Waals surface area (Å²) in [6.07, 6.45) is 6.19. The van der Waals surface area contributed by atoms with E-state index in [1.54, 1.807) is 6.92 Å². The van der Waals surface area contributed by atoms with Crippen molar-refractivity contribution in [3.8, 4) is 0 Å². The van der Waals surface area contributed by atoms with E-state index in [2.05, 4.69) is 39.6 Å². The van der Waals surface area contributed by atoms with E-state index >= 15 is 0 Å². The molecule has 0 radical (unpaired) electrons. The molecule has 1 heterocycles. The Hall–Kier alpha value is -1.41. The molecule has 1 saturated heterocycles. The SMILES string of the molecule is CCC[C@H](CC1(C(=O)NC2(CC(=O)OCC)CCO[Si](C)(C(C)(C)C)C2)CCCC1)C(=O)OC(C)(C)C. The molecule has 0 aromatic rings. The maximum absolute atomic E-state index is 14.2. The molecule has 2 aliphatic rings. The van der Waals surface area contributed by atoms with Crippen molar-refractivity contribution in [3.63, 3.8) is 0 Å². The Morgan fingerprint density at radius 3 is 2.16 bits per heavy atom. The number of rotatable bonds is 10. The van der Waals surface area contributed by atoms with Crippen LogP contribution < -0.4 is 5.32 Å². The summed E-state index contributed by atoms with van der Waals surface area (Å²) in [6.45, 7) is 19.1. The Bertz CT molecular complexity index is 810. The van der Waals surface area contributed by atoms with Crippen molar-refractivity contribution in [2.75, 3.05) is 13.2 Å². The molecule has 1 N–H and O–H groups in total. The van der Waals surface area contributed by atoms with Crippen LogP contribution in [0.15, 0.2) is 0 Å². The molecule has 2 fully saturated rings. The first kappa shape index (κ1) is 31.8. The number of carbonyl (C=O) groups is 3. The van der Waals surface area contributed by atoms with Crippen LogP contribution in [0.2, 0.25) is 17.6 Å². The second-order valence-electron chi connectivity index (χ2n) is 13.7. The lowest BCUT2D eigenvalue weighted by molar-refractivity contribution is -0.162. The highest BCUT2D eigenvalue weighted by atomic mass is 28.4. The highest BCUT2D eigenvalue weighted by Crippen LogP contribution is 2.49. The Morgan fingerprint density at radius 1 is 1.03 bits per heavy atom. The van der Waals surface area contributed by atoms with Crippen molar-refractivity contribution in [3.05, 3.63) is 0 Å². The monoisotopic (exact) mass is 539 g/mol. The van der Waals surface area contributed by atoms with Crippen LogP contribution in [0.25, 0.3) is 0 Å². The molecule has 1 saturated carbocycles. The first-order valence-electron chi connectivity index (χ1n) is 14.4. The zero-order valence-corrected chi connectivity index (χ0v) is 26.0. The van der Waals surface area contributed by atoms with E-state index in [1.165, 1.54) is 0 Å². The summed E-state index contributed by atoms with van der Waals surface area (Å²) >= 11 is 0. The highest BCUT2D eigenvalue weighted by Gasteiger charge is 2.55. The molecular formula is C29H53NO6Si. The van der Waals surface area contributed by atoms with Crippen molar-refractivity contribution in [2.24, 2.45) is 11.3 Å². The van der Waals surface area contributed by atoms with Gasteiger partial charge in [0.05, 0.1) is 29.9 Å². The quantitative estimate of drug-likeness (QED) is 0.259. The average Bonchev–Trinajstić information content (AvgIpc) is 3.21. The van der Waals surface area contributed by atoms with Gasteiger partial charge in [-0.15, -0.1) is 0 Å². The zero-order chi connectivity index (χ0) is 28.1. The van der Waals surface area contributed by atoms with Crippen LogP contribution in [0.4, 0.5) is 0 Å². The maximum atomic E-state index is 14.2. The lowest BCUT2D eigenvalue weighted by atomic mass is 9.74. The number of hydrogen-bond acceptors (Lipinski definition) is 6. The summed E-state index contributed by atoms with van der Waals surface area (Å²) < 4.78 is 17.5. The van der Waals surface area contributed by atoms with Gasteiger partial charge in [-0.1, -0.05) is 47.0 Å². The van der Waals surface area contributed by atoms with Crippen molar-refractivity contribution in [2.45, 2.75) is 142 Å². The molecular weight excluding hydrogens is 486 g/mol. The second kappa shape index (κ2) is 12.2. The zero-order valence-electron chi connectivity index (χ0n) is 25.0. The fourth-order valence-corrected chi connectivity index (χ4v) is 9.29. The fourth-order valence-electron chi connectivity index (χ4n) is 5.99. The summed E-state index contributed by atoms with van der Waals surface area (Å²) in [4.78, 5) is 40.2. The van der Waals surface area contributed by atoms with Gasteiger partial charge < -0.3 is 19.2 Å². The summed E-state index contributed by atoms with van der Waals surface area (Å²) in [6, 6.07) is 0.661. The van der Waals surface area contributed by atoms with Crippen LogP contribution >= 0.6 is 0 Å². The van der Waals surface area contributed by atoms with Gasteiger partial charge in [-0.25, -0.2) is 0 Å². The predicted octanol–water partition coefficient (Wildman–Crippen LogP) is 6.30. The molecule has 0 bridgehead atoms. The molecule has 37 heavy (non-hydrogen) atoms.